The number of sulfone groups is 1. The van der Waals surface area contributed by atoms with Crippen molar-refractivity contribution in [3.63, 3.8) is 0 Å². The Balaban J connectivity index is 4.43. The molecule has 0 saturated carbocycles. The summed E-state index contributed by atoms with van der Waals surface area (Å²) < 4.78 is 28.3. The third-order valence-electron chi connectivity index (χ3n) is 2.10. The van der Waals surface area contributed by atoms with Gasteiger partial charge in [-0.3, -0.25) is 4.79 Å². The molecule has 0 saturated heterocycles. The van der Waals surface area contributed by atoms with Crippen molar-refractivity contribution in [2.45, 2.75) is 46.6 Å². The van der Waals surface area contributed by atoms with E-state index in [0.717, 1.165) is 0 Å². The lowest BCUT2D eigenvalue weighted by atomic mass is 9.93. The van der Waals surface area contributed by atoms with Crippen LogP contribution in [0.3, 0.4) is 0 Å². The van der Waals surface area contributed by atoms with Crippen molar-refractivity contribution in [2.75, 3.05) is 11.5 Å². The van der Waals surface area contributed by atoms with Gasteiger partial charge in [-0.25, -0.2) is 8.42 Å². The first-order valence-electron chi connectivity index (χ1n) is 5.70. The average molecular weight is 275 g/mol. The summed E-state index contributed by atoms with van der Waals surface area (Å²) in [4.78, 5) is 11.4. The van der Waals surface area contributed by atoms with Gasteiger partial charge in [-0.15, -0.1) is 0 Å². The average Bonchev–Trinajstić information content (AvgIpc) is 2.11. The third kappa shape index (κ3) is 8.07. The van der Waals surface area contributed by atoms with Crippen molar-refractivity contribution in [2.24, 2.45) is 5.41 Å². The molecule has 0 aliphatic heterocycles. The first-order chi connectivity index (χ1) is 7.87. The molecule has 0 aliphatic carbocycles. The summed E-state index contributed by atoms with van der Waals surface area (Å²) in [5, 5.41) is 8.79. The number of carbonyl (C=O) groups is 1. The number of hydrogen-bond donors (Lipinski definition) is 0. The predicted octanol–water partition coefficient (Wildman–Crippen LogP) is 1.68. The van der Waals surface area contributed by atoms with Crippen LogP contribution in [0.15, 0.2) is 0 Å². The zero-order valence-corrected chi connectivity index (χ0v) is 12.4. The van der Waals surface area contributed by atoms with Crippen LogP contribution < -0.4 is 0 Å². The van der Waals surface area contributed by atoms with Crippen molar-refractivity contribution in [1.29, 1.82) is 5.26 Å². The second kappa shape index (κ2) is 5.70. The van der Waals surface area contributed by atoms with Crippen LogP contribution in [0.25, 0.3) is 0 Å². The predicted molar refractivity (Wildman–Crippen MR) is 68.5 cm³/mol. The Bertz CT molecular complexity index is 438. The van der Waals surface area contributed by atoms with Gasteiger partial charge in [-0.2, -0.15) is 5.26 Å². The first-order valence-corrected chi connectivity index (χ1v) is 7.53. The van der Waals surface area contributed by atoms with Crippen LogP contribution in [-0.4, -0.2) is 31.5 Å². The molecule has 0 spiro atoms. The van der Waals surface area contributed by atoms with Gasteiger partial charge in [-0.1, -0.05) is 0 Å². The molecule has 0 heterocycles. The number of nitriles is 1. The highest BCUT2D eigenvalue weighted by molar-refractivity contribution is 7.92. The highest BCUT2D eigenvalue weighted by Gasteiger charge is 2.26. The van der Waals surface area contributed by atoms with Crippen LogP contribution in [0.5, 0.6) is 0 Å². The van der Waals surface area contributed by atoms with E-state index >= 15 is 0 Å². The Labute approximate surface area is 109 Å². The van der Waals surface area contributed by atoms with Crippen LogP contribution >= 0.6 is 0 Å². The Morgan fingerprint density at radius 1 is 1.22 bits per heavy atom. The lowest BCUT2D eigenvalue weighted by Crippen LogP contribution is -2.30. The Morgan fingerprint density at radius 2 is 1.72 bits per heavy atom. The molecule has 0 atom stereocenters. The van der Waals surface area contributed by atoms with Gasteiger partial charge in [0, 0.05) is 0 Å². The van der Waals surface area contributed by atoms with Crippen LogP contribution in [-0.2, 0) is 19.4 Å². The smallest absolute Gasteiger partial charge is 0.321 e. The largest absolute Gasteiger partial charge is 0.459 e. The molecule has 0 radical (unpaired) electrons. The second-order valence-corrected chi connectivity index (χ2v) is 8.11. The molecule has 5 nitrogen and oxygen atoms in total. The van der Waals surface area contributed by atoms with E-state index in [4.69, 9.17) is 10.00 Å². The quantitative estimate of drug-likeness (QED) is 0.713. The maximum absolute atomic E-state index is 11.7. The number of esters is 1. The molecule has 0 fully saturated rings. The van der Waals surface area contributed by atoms with E-state index in [1.54, 1.807) is 34.6 Å². The van der Waals surface area contributed by atoms with Crippen molar-refractivity contribution < 1.29 is 17.9 Å². The monoisotopic (exact) mass is 275 g/mol. The molecule has 0 N–H and O–H groups in total. The van der Waals surface area contributed by atoms with Crippen LogP contribution in [0.2, 0.25) is 0 Å². The SMILES string of the molecule is CC(C)(C#N)CCS(=O)(=O)CC(=O)OC(C)(C)C. The van der Waals surface area contributed by atoms with Crippen molar-refractivity contribution in [3.05, 3.63) is 0 Å². The van der Waals surface area contributed by atoms with E-state index in [9.17, 15) is 13.2 Å². The minimum atomic E-state index is -3.52. The minimum Gasteiger partial charge on any atom is -0.459 e. The molecular weight excluding hydrogens is 254 g/mol. The molecule has 0 unspecified atom stereocenters. The zero-order valence-electron chi connectivity index (χ0n) is 11.6. The third-order valence-corrected chi connectivity index (χ3v) is 3.60. The fraction of sp³-hybridized carbons (Fsp3) is 0.833. The molecule has 18 heavy (non-hydrogen) atoms. The second-order valence-electron chi connectivity index (χ2n) is 5.92. The maximum atomic E-state index is 11.7. The first kappa shape index (κ1) is 16.9. The van der Waals surface area contributed by atoms with E-state index < -0.39 is 32.6 Å². The fourth-order valence-corrected chi connectivity index (χ4v) is 2.47. The normalized spacial score (nSPS) is 12.9. The Hall–Kier alpha value is -1.09. The van der Waals surface area contributed by atoms with E-state index in [2.05, 4.69) is 0 Å². The van der Waals surface area contributed by atoms with Gasteiger partial charge in [-0.05, 0) is 41.0 Å². The van der Waals surface area contributed by atoms with Crippen molar-refractivity contribution in [3.8, 4) is 6.07 Å². The molecule has 6 heteroatoms. The molecule has 0 aliphatic rings. The van der Waals surface area contributed by atoms with E-state index in [-0.39, 0.29) is 12.2 Å². The highest BCUT2D eigenvalue weighted by atomic mass is 32.2. The van der Waals surface area contributed by atoms with Gasteiger partial charge in [0.25, 0.3) is 0 Å². The maximum Gasteiger partial charge on any atom is 0.321 e. The minimum absolute atomic E-state index is 0.188. The zero-order chi connectivity index (χ0) is 14.6. The summed E-state index contributed by atoms with van der Waals surface area (Å²) in [6.07, 6.45) is 0.203. The summed E-state index contributed by atoms with van der Waals surface area (Å²) in [6.45, 7) is 8.36. The summed E-state index contributed by atoms with van der Waals surface area (Å²) in [5.41, 5.74) is -1.40. The van der Waals surface area contributed by atoms with Gasteiger partial charge >= 0.3 is 5.97 Å². The standard InChI is InChI=1S/C12H21NO4S/c1-11(2,3)17-10(14)8-18(15,16)7-6-12(4,5)9-13/h6-8H2,1-5H3. The van der Waals surface area contributed by atoms with Crippen LogP contribution in [0.1, 0.15) is 41.0 Å². The van der Waals surface area contributed by atoms with Gasteiger partial charge < -0.3 is 4.74 Å². The van der Waals surface area contributed by atoms with Gasteiger partial charge in [0.2, 0.25) is 0 Å². The number of rotatable bonds is 5. The van der Waals surface area contributed by atoms with Crippen LogP contribution in [0.4, 0.5) is 0 Å². The van der Waals surface area contributed by atoms with E-state index in [0.29, 0.717) is 0 Å². The summed E-state index contributed by atoms with van der Waals surface area (Å²) in [7, 11) is -3.52. The van der Waals surface area contributed by atoms with Crippen LogP contribution in [0, 0.1) is 16.7 Å². The van der Waals surface area contributed by atoms with Gasteiger partial charge in [0.15, 0.2) is 9.84 Å². The Morgan fingerprint density at radius 3 is 2.11 bits per heavy atom. The number of ether oxygens (including phenoxy) is 1. The lowest BCUT2D eigenvalue weighted by molar-refractivity contribution is -0.151. The molecule has 0 aromatic heterocycles. The number of nitrogens with zero attached hydrogens (tertiary/aromatic N) is 1. The molecule has 0 amide bonds. The molecular formula is C12H21NO4S. The van der Waals surface area contributed by atoms with E-state index in [1.165, 1.54) is 0 Å². The fourth-order valence-electron chi connectivity index (χ4n) is 1.09. The summed E-state index contributed by atoms with van der Waals surface area (Å²) in [5.74, 6) is -1.57. The highest BCUT2D eigenvalue weighted by Crippen LogP contribution is 2.19. The molecule has 0 bridgehead atoms. The van der Waals surface area contributed by atoms with Gasteiger partial charge in [0.1, 0.15) is 11.4 Å². The Kier molecular flexibility index (Phi) is 5.35. The molecule has 104 valence electrons. The number of carbonyl (C=O) groups excluding carboxylic acids is 1. The number of hydrogen-bond acceptors (Lipinski definition) is 5. The van der Waals surface area contributed by atoms with Crippen molar-refractivity contribution in [1.82, 2.24) is 0 Å². The molecule has 0 aromatic rings. The summed E-state index contributed by atoms with van der Waals surface area (Å²) in [6, 6.07) is 2.02. The lowest BCUT2D eigenvalue weighted by Gasteiger charge is -2.20. The molecule has 0 rings (SSSR count). The van der Waals surface area contributed by atoms with Crippen molar-refractivity contribution >= 4 is 15.8 Å². The topological polar surface area (TPSA) is 84.2 Å². The summed E-state index contributed by atoms with van der Waals surface area (Å²) >= 11 is 0. The van der Waals surface area contributed by atoms with E-state index in [1.807, 2.05) is 6.07 Å². The van der Waals surface area contributed by atoms with Gasteiger partial charge in [0.05, 0.1) is 17.2 Å². The molecule has 0 aromatic carbocycles.